The summed E-state index contributed by atoms with van der Waals surface area (Å²) in [6, 6.07) is 21.0. The number of hydrogen-bond acceptors (Lipinski definition) is 15. The maximum atomic E-state index is 9.03. The third-order valence-electron chi connectivity index (χ3n) is 6.28. The molecule has 5 aromatic rings. The van der Waals surface area contributed by atoms with Crippen molar-refractivity contribution in [2.75, 3.05) is 6.54 Å². The Morgan fingerprint density at radius 2 is 0.908 bits per heavy atom. The predicted molar refractivity (Wildman–Crippen MR) is 262 cm³/mol. The van der Waals surface area contributed by atoms with Crippen molar-refractivity contribution in [2.45, 2.75) is 98.1 Å². The van der Waals surface area contributed by atoms with Crippen LogP contribution < -0.4 is 66.0 Å². The van der Waals surface area contributed by atoms with Gasteiger partial charge in [-0.1, -0.05) is 27.1 Å². The summed E-state index contributed by atoms with van der Waals surface area (Å²) in [6.07, 6.45) is 9.37. The molecule has 5 aromatic heterocycles. The van der Waals surface area contributed by atoms with Gasteiger partial charge in [-0.2, -0.15) is 21.6 Å². The maximum absolute atomic E-state index is 9.03. The van der Waals surface area contributed by atoms with Crippen LogP contribution in [-0.2, 0) is 31.7 Å². The first-order valence-corrected chi connectivity index (χ1v) is 31.1. The number of hydrogen-bond donors (Lipinski definition) is 5. The Bertz CT molecular complexity index is 2080. The molecule has 0 aliphatic carbocycles. The zero-order chi connectivity index (χ0) is 48.5. The summed E-state index contributed by atoms with van der Waals surface area (Å²) in [5.41, 5.74) is 8.49. The van der Waals surface area contributed by atoms with Crippen LogP contribution in [0, 0.1) is 34.5 Å². The van der Waals surface area contributed by atoms with Crippen molar-refractivity contribution < 1.29 is 80.7 Å². The normalized spacial score (nSPS) is 9.68. The number of nitriles is 2. The Hall–Kier alpha value is -3.99. The van der Waals surface area contributed by atoms with E-state index in [0.717, 1.165) is 29.3 Å². The van der Waals surface area contributed by atoms with Gasteiger partial charge in [0, 0.05) is 37.4 Å². The SMILES string of the molecule is C.C[Si](C)(C)Cl.C[Si](C)(C)Oc1cccnc1CC#N.C[Si](C)(C)Oc1cccnc1CCN.N#CCc1ncccc1O.OCc1ncccc1O.Oc1cccnc1CCl.[C-]#N.[K+]. The molecule has 0 radical (unpaired) electrons. The zero-order valence-electron chi connectivity index (χ0n) is 38.4. The van der Waals surface area contributed by atoms with Crippen molar-refractivity contribution in [1.82, 2.24) is 24.9 Å². The molecule has 0 aliphatic heterocycles. The summed E-state index contributed by atoms with van der Waals surface area (Å²) >= 11 is 11.1. The van der Waals surface area contributed by atoms with E-state index >= 15 is 0 Å². The third kappa shape index (κ3) is 36.9. The van der Waals surface area contributed by atoms with Crippen LogP contribution in [0.2, 0.25) is 58.9 Å². The molecule has 5 heterocycles. The second-order valence-corrected chi connectivity index (χ2v) is 32.0. The number of aliphatic hydroxyl groups is 1. The van der Waals surface area contributed by atoms with Crippen LogP contribution in [0.15, 0.2) is 91.6 Å². The summed E-state index contributed by atoms with van der Waals surface area (Å²) in [5, 5.41) is 58.5. The topological polar surface area (TPSA) is 261 Å². The van der Waals surface area contributed by atoms with E-state index in [4.69, 9.17) is 80.0 Å². The van der Waals surface area contributed by atoms with E-state index < -0.39 is 24.0 Å². The molecule has 0 saturated carbocycles. The third-order valence-corrected chi connectivity index (χ3v) is 8.20. The zero-order valence-corrected chi connectivity index (χ0v) is 46.1. The van der Waals surface area contributed by atoms with Crippen LogP contribution in [-0.4, -0.2) is 75.9 Å². The molecule has 5 rings (SSSR count). The molecule has 0 amide bonds. The van der Waals surface area contributed by atoms with E-state index in [1.54, 1.807) is 49.1 Å². The van der Waals surface area contributed by atoms with Crippen molar-refractivity contribution in [3.63, 3.8) is 0 Å². The van der Waals surface area contributed by atoms with Gasteiger partial charge in [0.05, 0.1) is 60.2 Å². The Balaban J connectivity index is -0.000000346. The molecule has 0 aromatic carbocycles. The minimum atomic E-state index is -1.61. The first-order valence-electron chi connectivity index (χ1n) is 19.2. The predicted octanol–water partition coefficient (Wildman–Crippen LogP) is 6.61. The smallest absolute Gasteiger partial charge is 0.543 e. The molecule has 0 bridgehead atoms. The number of nitrogens with two attached hydrogens (primary N) is 1. The molecule has 0 aliphatic rings. The fourth-order valence-corrected chi connectivity index (χ4v) is 5.85. The van der Waals surface area contributed by atoms with Gasteiger partial charge in [0.2, 0.25) is 16.6 Å². The van der Waals surface area contributed by atoms with Gasteiger partial charge in [0.1, 0.15) is 41.8 Å². The van der Waals surface area contributed by atoms with Gasteiger partial charge in [0.15, 0.2) is 0 Å². The number of aromatic nitrogens is 5. The van der Waals surface area contributed by atoms with E-state index in [0.29, 0.717) is 30.0 Å². The van der Waals surface area contributed by atoms with E-state index in [1.165, 1.54) is 18.3 Å². The summed E-state index contributed by atoms with van der Waals surface area (Å²) in [5.74, 6) is 2.20. The largest absolute Gasteiger partial charge is 1.00 e. The molecule has 0 spiro atoms. The van der Waals surface area contributed by atoms with Crippen molar-refractivity contribution in [3.8, 4) is 40.9 Å². The fourth-order valence-electron chi connectivity index (χ4n) is 3.95. The van der Waals surface area contributed by atoms with E-state index in [-0.39, 0.29) is 95.0 Å². The Kier molecular flexibility index (Phi) is 39.7. The number of nitrogens with zero attached hydrogens (tertiary/aromatic N) is 8. The summed E-state index contributed by atoms with van der Waals surface area (Å²) in [4.78, 5) is 19.7. The molecular formula is C44H64Cl2KN9O6Si3. The van der Waals surface area contributed by atoms with Crippen LogP contribution >= 0.6 is 22.7 Å². The van der Waals surface area contributed by atoms with Gasteiger partial charge in [-0.15, -0.1) is 11.6 Å². The second kappa shape index (κ2) is 38.1. The monoisotopic (exact) mass is 1010 g/mol. The number of halogens is 2. The van der Waals surface area contributed by atoms with Gasteiger partial charge in [-0.3, -0.25) is 24.9 Å². The minimum Gasteiger partial charge on any atom is -0.543 e. The van der Waals surface area contributed by atoms with Crippen molar-refractivity contribution >= 4 is 46.7 Å². The Morgan fingerprint density at radius 1 is 0.600 bits per heavy atom. The molecule has 15 nitrogen and oxygen atoms in total. The number of rotatable bonds is 10. The van der Waals surface area contributed by atoms with Crippen LogP contribution in [0.1, 0.15) is 35.9 Å². The van der Waals surface area contributed by atoms with Gasteiger partial charge in [0.25, 0.3) is 0 Å². The number of aliphatic hydroxyl groups excluding tert-OH is 1. The summed E-state index contributed by atoms with van der Waals surface area (Å²) < 4.78 is 11.7. The van der Waals surface area contributed by atoms with Gasteiger partial charge >= 0.3 is 51.4 Å². The molecule has 0 saturated heterocycles. The van der Waals surface area contributed by atoms with Crippen molar-refractivity contribution in [2.24, 2.45) is 5.73 Å². The van der Waals surface area contributed by atoms with Gasteiger partial charge in [-0.05, 0) is 106 Å². The van der Waals surface area contributed by atoms with Gasteiger partial charge in [-0.25, -0.2) is 0 Å². The molecule has 65 heavy (non-hydrogen) atoms. The van der Waals surface area contributed by atoms with Crippen LogP contribution in [0.5, 0.6) is 28.7 Å². The number of pyridine rings is 5. The number of alkyl halides is 1. The van der Waals surface area contributed by atoms with E-state index in [1.807, 2.05) is 30.3 Å². The van der Waals surface area contributed by atoms with E-state index in [2.05, 4.69) is 89.9 Å². The van der Waals surface area contributed by atoms with Crippen LogP contribution in [0.25, 0.3) is 0 Å². The minimum absolute atomic E-state index is 0. The quantitative estimate of drug-likeness (QED) is 0.0427. The fraction of sp³-hybridized carbons (Fsp3) is 0.364. The van der Waals surface area contributed by atoms with Crippen molar-refractivity contribution in [1.29, 1.82) is 15.8 Å². The second-order valence-electron chi connectivity index (χ2n) is 15.3. The molecule has 348 valence electrons. The summed E-state index contributed by atoms with van der Waals surface area (Å²) in [7, 11) is -4.29. The average molecular weight is 1010 g/mol. The standard InChI is InChI=1S/C10H18N2OSi.C10H14N2OSi.C7H6N2O.C6H6ClNO.C6H7NO2.C3H9ClSi.CN.CH4.K/c2*1-14(2,3)13-10-5-4-8-12-9(10)6-7-11;8-4-3-6-7(10)2-1-5-9-6;7-4-5-6(9)2-1-3-8-5;8-4-5-6(9)2-1-3-7-5;1-5(2,3)4;1-2;;/h4-5,8H,6-7,11H2,1-3H3;4-5,8H,6H2,1-3H3;1-2,5,10H,3H2;1-3,9H,4H2;1-3,8-9H,4H2;1-3H3;;1H4;/q;;;;;;-1;;+1. The van der Waals surface area contributed by atoms with Crippen LogP contribution in [0.4, 0.5) is 0 Å². The van der Waals surface area contributed by atoms with E-state index in [9.17, 15) is 0 Å². The molecule has 6 N–H and O–H groups in total. The molecule has 0 atom stereocenters. The molecular weight excluding hydrogens is 945 g/mol. The van der Waals surface area contributed by atoms with Gasteiger partial charge < -0.3 is 46.8 Å². The molecule has 0 unspecified atom stereocenters. The number of aromatic hydroxyl groups is 3. The first kappa shape index (κ1) is 67.6. The maximum Gasteiger partial charge on any atom is 1.00 e. The summed E-state index contributed by atoms with van der Waals surface area (Å²) in [6.45, 7) is 24.2. The Morgan fingerprint density at radius 3 is 1.20 bits per heavy atom. The first-order chi connectivity index (χ1) is 29.6. The van der Waals surface area contributed by atoms with Crippen molar-refractivity contribution in [3.05, 3.63) is 127 Å². The van der Waals surface area contributed by atoms with Crippen LogP contribution in [0.3, 0.4) is 0 Å². The average Bonchev–Trinajstić information content (AvgIpc) is 3.21. The molecule has 0 fully saturated rings. The molecule has 21 heteroatoms. The Labute approximate surface area is 441 Å².